The number of benzene rings is 1. The van der Waals surface area contributed by atoms with Crippen molar-refractivity contribution in [1.82, 2.24) is 0 Å². The summed E-state index contributed by atoms with van der Waals surface area (Å²) in [7, 11) is 0. The van der Waals surface area contributed by atoms with E-state index in [1.54, 1.807) is 0 Å². The summed E-state index contributed by atoms with van der Waals surface area (Å²) in [5.41, 5.74) is 2.44. The van der Waals surface area contributed by atoms with Gasteiger partial charge in [0.1, 0.15) is 11.6 Å². The van der Waals surface area contributed by atoms with Crippen LogP contribution in [0.1, 0.15) is 51.7 Å². The van der Waals surface area contributed by atoms with Gasteiger partial charge < -0.3 is 0 Å². The summed E-state index contributed by atoms with van der Waals surface area (Å²) in [6.07, 6.45) is 1.48. The molecule has 0 amide bonds. The molecule has 0 saturated heterocycles. The van der Waals surface area contributed by atoms with Gasteiger partial charge in [0.2, 0.25) is 0 Å². The second-order valence-corrected chi connectivity index (χ2v) is 5.53. The number of carbonyl (C=O) groups is 2. The van der Waals surface area contributed by atoms with Crippen LogP contribution in [0.15, 0.2) is 24.3 Å². The predicted molar refractivity (Wildman–Crippen MR) is 73.8 cm³/mol. The fourth-order valence-corrected chi connectivity index (χ4v) is 1.85. The van der Waals surface area contributed by atoms with Crippen molar-refractivity contribution >= 4 is 11.6 Å². The summed E-state index contributed by atoms with van der Waals surface area (Å²) in [6, 6.07) is 8.15. The standard InChI is InChI=1S/C16H22O2/c1-5-16(3,4)14-8-6-13(7-9-14)11-15(18)10-12(2)17/h6-9H,5,10-11H2,1-4H3. The average Bonchev–Trinajstić information content (AvgIpc) is 2.28. The van der Waals surface area contributed by atoms with Crippen LogP contribution in [0.4, 0.5) is 0 Å². The third-order valence-electron chi connectivity index (χ3n) is 3.47. The van der Waals surface area contributed by atoms with E-state index in [-0.39, 0.29) is 23.4 Å². The molecule has 1 aromatic carbocycles. The molecule has 1 rings (SSSR count). The maximum Gasteiger partial charge on any atom is 0.144 e. The molecule has 0 aromatic heterocycles. The van der Waals surface area contributed by atoms with Gasteiger partial charge in [-0.25, -0.2) is 0 Å². The van der Waals surface area contributed by atoms with Crippen molar-refractivity contribution in [3.8, 4) is 0 Å². The van der Waals surface area contributed by atoms with Crippen LogP contribution in [-0.4, -0.2) is 11.6 Å². The van der Waals surface area contributed by atoms with Gasteiger partial charge in [0, 0.05) is 6.42 Å². The van der Waals surface area contributed by atoms with Gasteiger partial charge >= 0.3 is 0 Å². The molecule has 0 atom stereocenters. The minimum Gasteiger partial charge on any atom is -0.300 e. The van der Waals surface area contributed by atoms with Crippen molar-refractivity contribution in [3.63, 3.8) is 0 Å². The zero-order chi connectivity index (χ0) is 13.8. The normalized spacial score (nSPS) is 11.3. The fourth-order valence-electron chi connectivity index (χ4n) is 1.85. The lowest BCUT2D eigenvalue weighted by Crippen LogP contribution is -2.15. The minimum atomic E-state index is -0.0660. The van der Waals surface area contributed by atoms with Crippen molar-refractivity contribution in [2.75, 3.05) is 0 Å². The maximum atomic E-state index is 11.5. The third-order valence-corrected chi connectivity index (χ3v) is 3.47. The first-order valence-corrected chi connectivity index (χ1v) is 6.45. The van der Waals surface area contributed by atoms with Crippen molar-refractivity contribution < 1.29 is 9.59 Å². The van der Waals surface area contributed by atoms with E-state index in [0.29, 0.717) is 6.42 Å². The summed E-state index contributed by atoms with van der Waals surface area (Å²) >= 11 is 0. The van der Waals surface area contributed by atoms with Crippen molar-refractivity contribution in [3.05, 3.63) is 35.4 Å². The predicted octanol–water partition coefficient (Wildman–Crippen LogP) is 3.46. The molecule has 0 bridgehead atoms. The van der Waals surface area contributed by atoms with Crippen LogP contribution in [-0.2, 0) is 21.4 Å². The van der Waals surface area contributed by atoms with Crippen LogP contribution >= 0.6 is 0 Å². The molecule has 0 N–H and O–H groups in total. The summed E-state index contributed by atoms with van der Waals surface area (Å²) in [5, 5.41) is 0. The lowest BCUT2D eigenvalue weighted by Gasteiger charge is -2.23. The second-order valence-electron chi connectivity index (χ2n) is 5.53. The number of Topliss-reactive ketones (excluding diaryl/α,β-unsaturated/α-hetero) is 2. The molecule has 0 heterocycles. The van der Waals surface area contributed by atoms with Gasteiger partial charge in [-0.3, -0.25) is 9.59 Å². The molecule has 0 spiro atoms. The third kappa shape index (κ3) is 4.10. The Morgan fingerprint density at radius 1 is 1.11 bits per heavy atom. The van der Waals surface area contributed by atoms with Gasteiger partial charge in [-0.05, 0) is 29.9 Å². The molecule has 0 unspecified atom stereocenters. The SMILES string of the molecule is CCC(C)(C)c1ccc(CC(=O)CC(C)=O)cc1. The van der Waals surface area contributed by atoms with E-state index in [4.69, 9.17) is 0 Å². The summed E-state index contributed by atoms with van der Waals surface area (Å²) in [6.45, 7) is 8.04. The van der Waals surface area contributed by atoms with E-state index in [1.165, 1.54) is 12.5 Å². The average molecular weight is 246 g/mol. The van der Waals surface area contributed by atoms with Gasteiger partial charge in [-0.2, -0.15) is 0 Å². The molecule has 0 saturated carbocycles. The van der Waals surface area contributed by atoms with Crippen molar-refractivity contribution in [2.24, 2.45) is 0 Å². The van der Waals surface area contributed by atoms with E-state index < -0.39 is 0 Å². The molecule has 2 nitrogen and oxygen atoms in total. The number of hydrogen-bond donors (Lipinski definition) is 0. The van der Waals surface area contributed by atoms with Crippen LogP contribution in [0, 0.1) is 0 Å². The van der Waals surface area contributed by atoms with E-state index in [2.05, 4.69) is 32.9 Å². The molecule has 18 heavy (non-hydrogen) atoms. The monoisotopic (exact) mass is 246 g/mol. The maximum absolute atomic E-state index is 11.5. The smallest absolute Gasteiger partial charge is 0.144 e. The number of ketones is 2. The Hall–Kier alpha value is -1.44. The summed E-state index contributed by atoms with van der Waals surface area (Å²) in [4.78, 5) is 22.4. The lowest BCUT2D eigenvalue weighted by molar-refractivity contribution is -0.125. The van der Waals surface area contributed by atoms with Crippen LogP contribution < -0.4 is 0 Å². The molecule has 0 aliphatic heterocycles. The zero-order valence-electron chi connectivity index (χ0n) is 11.7. The molecule has 0 aliphatic carbocycles. The fraction of sp³-hybridized carbons (Fsp3) is 0.500. The summed E-state index contributed by atoms with van der Waals surface area (Å²) < 4.78 is 0. The first-order valence-electron chi connectivity index (χ1n) is 6.45. The van der Waals surface area contributed by atoms with Crippen molar-refractivity contribution in [1.29, 1.82) is 0 Å². The molecule has 2 heteroatoms. The van der Waals surface area contributed by atoms with Gasteiger partial charge in [0.15, 0.2) is 0 Å². The minimum absolute atomic E-state index is 0.00926. The quantitative estimate of drug-likeness (QED) is 0.720. The topological polar surface area (TPSA) is 34.1 Å². The lowest BCUT2D eigenvalue weighted by atomic mass is 9.82. The van der Waals surface area contributed by atoms with Gasteiger partial charge in [0.05, 0.1) is 6.42 Å². The number of rotatable bonds is 6. The van der Waals surface area contributed by atoms with Gasteiger partial charge in [-0.1, -0.05) is 45.0 Å². The first kappa shape index (κ1) is 14.6. The van der Waals surface area contributed by atoms with Crippen LogP contribution in [0.3, 0.4) is 0 Å². The molecular weight excluding hydrogens is 224 g/mol. The Morgan fingerprint density at radius 2 is 1.67 bits per heavy atom. The van der Waals surface area contributed by atoms with Gasteiger partial charge in [-0.15, -0.1) is 0 Å². The van der Waals surface area contributed by atoms with Crippen LogP contribution in [0.2, 0.25) is 0 Å². The Balaban J connectivity index is 2.72. The van der Waals surface area contributed by atoms with Crippen LogP contribution in [0.5, 0.6) is 0 Å². The highest BCUT2D eigenvalue weighted by molar-refractivity contribution is 5.98. The Kier molecular flexibility index (Phi) is 4.83. The molecule has 0 radical (unpaired) electrons. The largest absolute Gasteiger partial charge is 0.300 e. The number of hydrogen-bond acceptors (Lipinski definition) is 2. The molecule has 1 aromatic rings. The first-order chi connectivity index (χ1) is 8.35. The molecule has 98 valence electrons. The van der Waals surface area contributed by atoms with Crippen molar-refractivity contribution in [2.45, 2.75) is 52.4 Å². The van der Waals surface area contributed by atoms with Crippen LogP contribution in [0.25, 0.3) is 0 Å². The number of carbonyl (C=O) groups excluding carboxylic acids is 2. The highest BCUT2D eigenvalue weighted by Gasteiger charge is 2.17. The zero-order valence-corrected chi connectivity index (χ0v) is 11.7. The molecule has 0 fully saturated rings. The molecule has 0 aliphatic rings. The van der Waals surface area contributed by atoms with E-state index >= 15 is 0 Å². The Bertz CT molecular complexity index is 427. The summed E-state index contributed by atoms with van der Waals surface area (Å²) in [5.74, 6) is -0.0752. The molecular formula is C16H22O2. The Morgan fingerprint density at radius 3 is 2.11 bits per heavy atom. The van der Waals surface area contributed by atoms with E-state index in [1.807, 2.05) is 12.1 Å². The van der Waals surface area contributed by atoms with E-state index in [0.717, 1.165) is 12.0 Å². The second kappa shape index (κ2) is 5.94. The van der Waals surface area contributed by atoms with E-state index in [9.17, 15) is 9.59 Å². The van der Waals surface area contributed by atoms with Gasteiger partial charge in [0.25, 0.3) is 0 Å². The Labute approximate surface area is 109 Å². The highest BCUT2D eigenvalue weighted by atomic mass is 16.1. The highest BCUT2D eigenvalue weighted by Crippen LogP contribution is 2.26.